The van der Waals surface area contributed by atoms with Crippen molar-refractivity contribution in [2.75, 3.05) is 0 Å². The molecule has 0 heteroatoms. The van der Waals surface area contributed by atoms with Gasteiger partial charge in [0, 0.05) is 0 Å². The van der Waals surface area contributed by atoms with Gasteiger partial charge in [-0.1, -0.05) is 31.1 Å². The minimum Gasteiger partial charge on any atom is -0.0690 e. The summed E-state index contributed by atoms with van der Waals surface area (Å²) in [7, 11) is 0. The molecule has 0 N–H and O–H groups in total. The van der Waals surface area contributed by atoms with Crippen LogP contribution in [0.15, 0.2) is 22.8 Å². The highest BCUT2D eigenvalue weighted by Crippen LogP contribution is 2.41. The Kier molecular flexibility index (Phi) is 1.86. The van der Waals surface area contributed by atoms with Crippen molar-refractivity contribution in [3.05, 3.63) is 22.8 Å². The molecule has 0 saturated carbocycles. The maximum atomic E-state index is 2.43. The molecular formula is C12H18. The van der Waals surface area contributed by atoms with Gasteiger partial charge in [-0.3, -0.25) is 0 Å². The summed E-state index contributed by atoms with van der Waals surface area (Å²) in [5.41, 5.74) is 4.98. The molecule has 2 unspecified atom stereocenters. The van der Waals surface area contributed by atoms with Crippen LogP contribution in [0.2, 0.25) is 0 Å². The third kappa shape index (κ3) is 1.14. The number of hydrogen-bond donors (Lipinski definition) is 0. The third-order valence-corrected chi connectivity index (χ3v) is 3.40. The quantitative estimate of drug-likeness (QED) is 0.509. The molecule has 0 saturated heterocycles. The smallest absolute Gasteiger partial charge is 0.00994 e. The average molecular weight is 162 g/mol. The summed E-state index contributed by atoms with van der Waals surface area (Å²) in [4.78, 5) is 0. The van der Waals surface area contributed by atoms with E-state index in [-0.39, 0.29) is 0 Å². The number of rotatable bonds is 0. The Hall–Kier alpha value is -0.520. The molecule has 2 aliphatic carbocycles. The summed E-state index contributed by atoms with van der Waals surface area (Å²) in [5.74, 6) is 1.68. The second-order valence-electron chi connectivity index (χ2n) is 4.53. The lowest BCUT2D eigenvalue weighted by Gasteiger charge is -2.26. The summed E-state index contributed by atoms with van der Waals surface area (Å²) < 4.78 is 0. The zero-order valence-electron chi connectivity index (χ0n) is 8.35. The van der Waals surface area contributed by atoms with Crippen molar-refractivity contribution in [1.82, 2.24) is 0 Å². The predicted octanol–water partition coefficient (Wildman–Crippen LogP) is 3.70. The topological polar surface area (TPSA) is 0 Å². The van der Waals surface area contributed by atoms with Crippen LogP contribution in [-0.2, 0) is 0 Å². The molecule has 0 nitrogen and oxygen atoms in total. The zero-order valence-corrected chi connectivity index (χ0v) is 8.35. The van der Waals surface area contributed by atoms with Crippen LogP contribution in [-0.4, -0.2) is 0 Å². The molecule has 0 aromatic heterocycles. The van der Waals surface area contributed by atoms with Gasteiger partial charge < -0.3 is 0 Å². The Labute approximate surface area is 75.4 Å². The molecule has 2 atom stereocenters. The first-order valence-electron chi connectivity index (χ1n) is 5.08. The van der Waals surface area contributed by atoms with E-state index >= 15 is 0 Å². The fourth-order valence-electron chi connectivity index (χ4n) is 2.56. The highest BCUT2D eigenvalue weighted by Gasteiger charge is 2.26. The van der Waals surface area contributed by atoms with Crippen LogP contribution >= 0.6 is 0 Å². The second kappa shape index (κ2) is 2.76. The van der Waals surface area contributed by atoms with Gasteiger partial charge in [0.2, 0.25) is 0 Å². The predicted molar refractivity (Wildman–Crippen MR) is 53.0 cm³/mol. The molecule has 0 aliphatic heterocycles. The molecule has 12 heavy (non-hydrogen) atoms. The largest absolute Gasteiger partial charge is 0.0690 e. The van der Waals surface area contributed by atoms with Crippen LogP contribution in [0.1, 0.15) is 40.0 Å². The van der Waals surface area contributed by atoms with E-state index in [1.807, 2.05) is 0 Å². The fourth-order valence-corrected chi connectivity index (χ4v) is 2.56. The molecule has 2 rings (SSSR count). The van der Waals surface area contributed by atoms with Crippen molar-refractivity contribution in [1.29, 1.82) is 0 Å². The Balaban J connectivity index is 2.32. The van der Waals surface area contributed by atoms with Crippen molar-refractivity contribution in [2.24, 2.45) is 11.8 Å². The highest BCUT2D eigenvalue weighted by molar-refractivity contribution is 5.41. The lowest BCUT2D eigenvalue weighted by molar-refractivity contribution is 0.462. The first-order chi connectivity index (χ1) is 5.68. The first-order valence-corrected chi connectivity index (χ1v) is 5.08. The van der Waals surface area contributed by atoms with Crippen molar-refractivity contribution >= 4 is 0 Å². The van der Waals surface area contributed by atoms with Gasteiger partial charge in [0.15, 0.2) is 0 Å². The lowest BCUT2D eigenvalue weighted by Crippen LogP contribution is -2.12. The Morgan fingerprint density at radius 2 is 1.83 bits per heavy atom. The van der Waals surface area contributed by atoms with Gasteiger partial charge in [0.1, 0.15) is 0 Å². The maximum Gasteiger partial charge on any atom is -0.00994 e. The molecule has 0 spiro atoms. The van der Waals surface area contributed by atoms with Gasteiger partial charge >= 0.3 is 0 Å². The summed E-state index contributed by atoms with van der Waals surface area (Å²) in [6, 6.07) is 0. The van der Waals surface area contributed by atoms with Crippen LogP contribution in [0, 0.1) is 11.8 Å². The van der Waals surface area contributed by atoms with Crippen molar-refractivity contribution in [3.8, 4) is 0 Å². The summed E-state index contributed by atoms with van der Waals surface area (Å²) in [5, 5.41) is 0. The van der Waals surface area contributed by atoms with E-state index in [0.717, 1.165) is 11.8 Å². The monoisotopic (exact) mass is 162 g/mol. The van der Waals surface area contributed by atoms with Gasteiger partial charge in [-0.15, -0.1) is 0 Å². The Morgan fingerprint density at radius 1 is 1.17 bits per heavy atom. The minimum atomic E-state index is 0.827. The van der Waals surface area contributed by atoms with Crippen molar-refractivity contribution in [3.63, 3.8) is 0 Å². The van der Waals surface area contributed by atoms with Crippen LogP contribution in [0.25, 0.3) is 0 Å². The number of allylic oxidation sites excluding steroid dienone is 4. The molecular weight excluding hydrogens is 144 g/mol. The van der Waals surface area contributed by atoms with Crippen molar-refractivity contribution < 1.29 is 0 Å². The Bertz CT molecular complexity index is 255. The van der Waals surface area contributed by atoms with E-state index in [1.54, 1.807) is 16.7 Å². The molecule has 0 aromatic rings. The van der Waals surface area contributed by atoms with Crippen LogP contribution in [0.4, 0.5) is 0 Å². The maximum absolute atomic E-state index is 2.43. The SMILES string of the molecule is CC1=CC2=C(C1)C(C)CCC2C. The lowest BCUT2D eigenvalue weighted by atomic mass is 9.79. The van der Waals surface area contributed by atoms with E-state index in [9.17, 15) is 0 Å². The van der Waals surface area contributed by atoms with E-state index in [4.69, 9.17) is 0 Å². The molecule has 0 heterocycles. The molecule has 0 radical (unpaired) electrons. The highest BCUT2D eigenvalue weighted by atomic mass is 14.3. The molecule has 0 aromatic carbocycles. The third-order valence-electron chi connectivity index (χ3n) is 3.40. The average Bonchev–Trinajstić information content (AvgIpc) is 2.41. The van der Waals surface area contributed by atoms with Crippen LogP contribution in [0.5, 0.6) is 0 Å². The van der Waals surface area contributed by atoms with Gasteiger partial charge in [0.25, 0.3) is 0 Å². The van der Waals surface area contributed by atoms with E-state index < -0.39 is 0 Å². The van der Waals surface area contributed by atoms with Crippen LogP contribution in [0.3, 0.4) is 0 Å². The summed E-state index contributed by atoms with van der Waals surface area (Å²) >= 11 is 0. The fraction of sp³-hybridized carbons (Fsp3) is 0.667. The molecule has 0 fully saturated rings. The molecule has 0 bridgehead atoms. The number of hydrogen-bond acceptors (Lipinski definition) is 0. The molecule has 0 amide bonds. The van der Waals surface area contributed by atoms with Gasteiger partial charge in [-0.2, -0.15) is 0 Å². The summed E-state index contributed by atoms with van der Waals surface area (Å²) in [6.45, 7) is 7.02. The Morgan fingerprint density at radius 3 is 2.50 bits per heavy atom. The normalized spacial score (nSPS) is 35.1. The van der Waals surface area contributed by atoms with E-state index in [0.29, 0.717) is 0 Å². The van der Waals surface area contributed by atoms with E-state index in [2.05, 4.69) is 26.8 Å². The minimum absolute atomic E-state index is 0.827. The van der Waals surface area contributed by atoms with Gasteiger partial charge in [-0.05, 0) is 43.6 Å². The van der Waals surface area contributed by atoms with Gasteiger partial charge in [0.05, 0.1) is 0 Å². The van der Waals surface area contributed by atoms with E-state index in [1.165, 1.54) is 19.3 Å². The standard InChI is InChI=1S/C12H18/c1-8-6-11-9(2)4-5-10(3)12(11)7-8/h6,9-10H,4-5,7H2,1-3H3. The molecule has 2 aliphatic rings. The van der Waals surface area contributed by atoms with Crippen molar-refractivity contribution in [2.45, 2.75) is 40.0 Å². The van der Waals surface area contributed by atoms with Gasteiger partial charge in [-0.25, -0.2) is 0 Å². The first kappa shape index (κ1) is 8.10. The molecule has 66 valence electrons. The second-order valence-corrected chi connectivity index (χ2v) is 4.53. The van der Waals surface area contributed by atoms with Crippen LogP contribution < -0.4 is 0 Å². The zero-order chi connectivity index (χ0) is 8.72. The summed E-state index contributed by atoms with van der Waals surface area (Å²) in [6.07, 6.45) is 6.49.